The summed E-state index contributed by atoms with van der Waals surface area (Å²) < 4.78 is 16.8. The number of amides is 1. The van der Waals surface area contributed by atoms with Crippen LogP contribution in [-0.4, -0.2) is 53.7 Å². The Hall–Kier alpha value is -3.13. The largest absolute Gasteiger partial charge is 0.493 e. The molecule has 7 rings (SSSR count). The van der Waals surface area contributed by atoms with Gasteiger partial charge in [0.15, 0.2) is 0 Å². The van der Waals surface area contributed by atoms with E-state index in [2.05, 4.69) is 34.4 Å². The molecule has 4 aliphatic rings. The van der Waals surface area contributed by atoms with Crippen LogP contribution < -0.4 is 10.1 Å². The summed E-state index contributed by atoms with van der Waals surface area (Å²) in [4.78, 5) is 15.3. The second-order valence-corrected chi connectivity index (χ2v) is 10.2. The van der Waals surface area contributed by atoms with E-state index in [0.29, 0.717) is 18.0 Å². The van der Waals surface area contributed by atoms with Gasteiger partial charge in [-0.05, 0) is 71.5 Å². The molecule has 1 amide bonds. The number of nitrogens with zero attached hydrogens (tertiary/aromatic N) is 3. The Kier molecular flexibility index (Phi) is 4.79. The van der Waals surface area contributed by atoms with Crippen molar-refractivity contribution in [2.24, 2.45) is 11.3 Å². The molecule has 2 bridgehead atoms. The summed E-state index contributed by atoms with van der Waals surface area (Å²) in [5.41, 5.74) is 4.13. The fourth-order valence-electron chi connectivity index (χ4n) is 5.41. The van der Waals surface area contributed by atoms with Crippen LogP contribution in [0.1, 0.15) is 38.3 Å². The van der Waals surface area contributed by atoms with Crippen molar-refractivity contribution in [2.45, 2.75) is 38.8 Å². The highest BCUT2D eigenvalue weighted by molar-refractivity contribution is 5.81. The zero-order valence-electron chi connectivity index (χ0n) is 18.9. The Morgan fingerprint density at radius 3 is 2.64 bits per heavy atom. The second kappa shape index (κ2) is 7.73. The van der Waals surface area contributed by atoms with Crippen molar-refractivity contribution in [3.63, 3.8) is 0 Å². The van der Waals surface area contributed by atoms with Crippen molar-refractivity contribution < 1.29 is 18.9 Å². The highest BCUT2D eigenvalue weighted by Gasteiger charge is 2.41. The number of aromatic nitrogens is 2. The monoisotopic (exact) mass is 448 g/mol. The van der Waals surface area contributed by atoms with Crippen molar-refractivity contribution >= 4 is 17.1 Å². The number of carbonyl (C=O) groups is 1. The predicted octanol–water partition coefficient (Wildman–Crippen LogP) is 4.17. The summed E-state index contributed by atoms with van der Waals surface area (Å²) in [7, 11) is 0. The van der Waals surface area contributed by atoms with Gasteiger partial charge >= 0.3 is 6.09 Å². The lowest BCUT2D eigenvalue weighted by atomic mass is 9.78. The van der Waals surface area contributed by atoms with Gasteiger partial charge in [-0.2, -0.15) is 0 Å². The number of rotatable bonds is 3. The molecule has 33 heavy (non-hydrogen) atoms. The summed E-state index contributed by atoms with van der Waals surface area (Å²) in [6.07, 6.45) is 1.87. The number of ether oxygens (including phenoxy) is 2. The van der Waals surface area contributed by atoms with Crippen LogP contribution in [0.4, 0.5) is 4.79 Å². The molecule has 0 radical (unpaired) electrons. The molecule has 172 valence electrons. The summed E-state index contributed by atoms with van der Waals surface area (Å²) in [6.45, 7) is 7.80. The molecule has 3 saturated heterocycles. The maximum Gasteiger partial charge on any atom is 0.407 e. The first kappa shape index (κ1) is 20.5. The van der Waals surface area contributed by atoms with Gasteiger partial charge < -0.3 is 14.8 Å². The fourth-order valence-corrected chi connectivity index (χ4v) is 5.41. The highest BCUT2D eigenvalue weighted by Crippen LogP contribution is 2.44. The molecule has 0 spiro atoms. The molecular weight excluding hydrogens is 420 g/mol. The van der Waals surface area contributed by atoms with Gasteiger partial charge in [-0.25, -0.2) is 9.42 Å². The Morgan fingerprint density at radius 1 is 1.09 bits per heavy atom. The molecule has 3 aromatic rings. The molecule has 0 aliphatic carbocycles. The van der Waals surface area contributed by atoms with E-state index in [4.69, 9.17) is 14.1 Å². The van der Waals surface area contributed by atoms with E-state index in [1.54, 1.807) is 0 Å². The second-order valence-electron chi connectivity index (χ2n) is 10.2. The van der Waals surface area contributed by atoms with Gasteiger partial charge in [0.1, 0.15) is 22.9 Å². The van der Waals surface area contributed by atoms with E-state index in [1.165, 1.54) is 0 Å². The SMILES string of the molecule is CC1(C)COc2cc(-c3ccc4nonc4c3)ccc2C1NC(=O)O[C@@H]1CN2CCC1CC2. The topological polar surface area (TPSA) is 89.7 Å². The molecule has 4 aliphatic heterocycles. The summed E-state index contributed by atoms with van der Waals surface area (Å²) in [5, 5.41) is 11.0. The lowest BCUT2D eigenvalue weighted by molar-refractivity contribution is -0.0361. The van der Waals surface area contributed by atoms with Crippen LogP contribution in [0.2, 0.25) is 0 Å². The summed E-state index contributed by atoms with van der Waals surface area (Å²) >= 11 is 0. The van der Waals surface area contributed by atoms with Crippen LogP contribution in [0, 0.1) is 11.3 Å². The number of carbonyl (C=O) groups excluding carboxylic acids is 1. The van der Waals surface area contributed by atoms with Gasteiger partial charge in [0.2, 0.25) is 0 Å². The van der Waals surface area contributed by atoms with E-state index in [-0.39, 0.29) is 23.7 Å². The molecule has 1 unspecified atom stereocenters. The Balaban J connectivity index is 1.23. The lowest BCUT2D eigenvalue weighted by Gasteiger charge is -2.44. The quantitative estimate of drug-likeness (QED) is 0.643. The van der Waals surface area contributed by atoms with Crippen LogP contribution in [0.25, 0.3) is 22.2 Å². The van der Waals surface area contributed by atoms with E-state index in [1.807, 2.05) is 36.4 Å². The van der Waals surface area contributed by atoms with Crippen LogP contribution in [0.15, 0.2) is 41.0 Å². The van der Waals surface area contributed by atoms with Gasteiger partial charge in [-0.3, -0.25) is 4.90 Å². The lowest BCUT2D eigenvalue weighted by Crippen LogP contribution is -2.53. The Morgan fingerprint density at radius 2 is 1.85 bits per heavy atom. The smallest absolute Gasteiger partial charge is 0.407 e. The maximum atomic E-state index is 12.9. The third-order valence-electron chi connectivity index (χ3n) is 7.41. The van der Waals surface area contributed by atoms with Crippen LogP contribution in [0.3, 0.4) is 0 Å². The molecule has 0 saturated carbocycles. The first-order valence-electron chi connectivity index (χ1n) is 11.7. The first-order chi connectivity index (χ1) is 16.0. The minimum Gasteiger partial charge on any atom is -0.493 e. The van der Waals surface area contributed by atoms with Crippen molar-refractivity contribution in [1.29, 1.82) is 0 Å². The first-order valence-corrected chi connectivity index (χ1v) is 11.7. The molecule has 2 atom stereocenters. The number of hydrogen-bond donors (Lipinski definition) is 1. The minimum absolute atomic E-state index is 0.0155. The number of hydrogen-bond acceptors (Lipinski definition) is 7. The number of benzene rings is 2. The summed E-state index contributed by atoms with van der Waals surface area (Å²) in [5.74, 6) is 1.26. The van der Waals surface area contributed by atoms with Gasteiger partial charge in [0.05, 0.1) is 12.6 Å². The van der Waals surface area contributed by atoms with Crippen molar-refractivity contribution in [1.82, 2.24) is 20.5 Å². The number of piperidine rings is 3. The molecular formula is C25H28N4O4. The van der Waals surface area contributed by atoms with Crippen LogP contribution >= 0.6 is 0 Å². The standard InChI is InChI=1S/C25H28N4O4/c1-25(2)14-31-21-12-17(16-4-6-19-20(11-16)28-33-27-19)3-5-18(21)23(25)26-24(30)32-22-13-29-9-7-15(22)8-10-29/h3-6,11-12,15,22-23H,7-10,13-14H2,1-2H3,(H,26,30)/t22-,23?/m1/s1. The molecule has 1 aromatic heterocycles. The minimum atomic E-state index is -0.340. The Labute approximate surface area is 192 Å². The van der Waals surface area contributed by atoms with Crippen molar-refractivity contribution in [2.75, 3.05) is 26.2 Å². The average Bonchev–Trinajstić information content (AvgIpc) is 3.29. The highest BCUT2D eigenvalue weighted by atomic mass is 16.6. The van der Waals surface area contributed by atoms with E-state index in [0.717, 1.165) is 60.4 Å². The fraction of sp³-hybridized carbons (Fsp3) is 0.480. The van der Waals surface area contributed by atoms with E-state index < -0.39 is 0 Å². The zero-order valence-corrected chi connectivity index (χ0v) is 18.9. The molecule has 8 nitrogen and oxygen atoms in total. The van der Waals surface area contributed by atoms with Gasteiger partial charge in [-0.15, -0.1) is 0 Å². The molecule has 5 heterocycles. The zero-order chi connectivity index (χ0) is 22.6. The maximum absolute atomic E-state index is 12.9. The van der Waals surface area contributed by atoms with Gasteiger partial charge in [-0.1, -0.05) is 32.0 Å². The molecule has 2 aromatic carbocycles. The Bertz CT molecular complexity index is 1200. The number of nitrogens with one attached hydrogen (secondary N) is 1. The third kappa shape index (κ3) is 3.72. The average molecular weight is 449 g/mol. The van der Waals surface area contributed by atoms with E-state index in [9.17, 15) is 4.79 Å². The molecule has 3 fully saturated rings. The normalized spacial score (nSPS) is 27.6. The summed E-state index contributed by atoms with van der Waals surface area (Å²) in [6, 6.07) is 11.7. The van der Waals surface area contributed by atoms with E-state index >= 15 is 0 Å². The number of fused-ring (bicyclic) bond motifs is 5. The molecule has 8 heteroatoms. The van der Waals surface area contributed by atoms with Crippen LogP contribution in [0.5, 0.6) is 5.75 Å². The van der Waals surface area contributed by atoms with Crippen molar-refractivity contribution in [3.8, 4) is 16.9 Å². The van der Waals surface area contributed by atoms with Crippen molar-refractivity contribution in [3.05, 3.63) is 42.0 Å². The third-order valence-corrected chi connectivity index (χ3v) is 7.41. The molecule has 1 N–H and O–H groups in total. The number of alkyl carbamates (subject to hydrolysis) is 1. The van der Waals surface area contributed by atoms with Gasteiger partial charge in [0.25, 0.3) is 0 Å². The van der Waals surface area contributed by atoms with Gasteiger partial charge in [0, 0.05) is 17.5 Å². The predicted molar refractivity (Wildman–Crippen MR) is 122 cm³/mol. The van der Waals surface area contributed by atoms with Crippen LogP contribution in [-0.2, 0) is 4.74 Å².